The summed E-state index contributed by atoms with van der Waals surface area (Å²) in [6.45, 7) is 0.684. The van der Waals surface area contributed by atoms with Gasteiger partial charge in [-0.05, 0) is 66.7 Å². The van der Waals surface area contributed by atoms with Crippen LogP contribution in [0.4, 0.5) is 11.4 Å². The molecule has 0 unspecified atom stereocenters. The quantitative estimate of drug-likeness (QED) is 0.370. The second-order valence-corrected chi connectivity index (χ2v) is 9.39. The fraction of sp³-hybridized carbons (Fsp3) is 0.174. The van der Waals surface area contributed by atoms with E-state index in [1.807, 2.05) is 0 Å². The normalized spacial score (nSPS) is 11.0. The summed E-state index contributed by atoms with van der Waals surface area (Å²) in [5, 5.41) is 2.76. The maximum Gasteiger partial charge on any atom is 0.261 e. The van der Waals surface area contributed by atoms with Crippen molar-refractivity contribution in [2.24, 2.45) is 0 Å². The van der Waals surface area contributed by atoms with Crippen molar-refractivity contribution < 1.29 is 27.4 Å². The maximum absolute atomic E-state index is 12.8. The van der Waals surface area contributed by atoms with Gasteiger partial charge in [-0.2, -0.15) is 0 Å². The topological polar surface area (TPSA) is 103 Å². The van der Waals surface area contributed by atoms with Gasteiger partial charge in [-0.1, -0.05) is 15.9 Å². The number of methoxy groups -OCH3 is 2. The molecule has 0 aliphatic carbocycles. The second-order valence-electron chi connectivity index (χ2n) is 6.79. The van der Waals surface area contributed by atoms with E-state index in [0.717, 1.165) is 4.47 Å². The monoisotopic (exact) mass is 534 g/mol. The summed E-state index contributed by atoms with van der Waals surface area (Å²) >= 11 is 3.36. The van der Waals surface area contributed by atoms with Crippen molar-refractivity contribution >= 4 is 43.2 Å². The van der Waals surface area contributed by atoms with Gasteiger partial charge in [-0.15, -0.1) is 0 Å². The molecule has 0 aliphatic rings. The largest absolute Gasteiger partial charge is 0.497 e. The minimum absolute atomic E-state index is 0.0577. The van der Waals surface area contributed by atoms with Crippen LogP contribution >= 0.6 is 15.9 Å². The molecule has 174 valence electrons. The zero-order valence-corrected chi connectivity index (χ0v) is 20.4. The van der Waals surface area contributed by atoms with Crippen molar-refractivity contribution in [3.63, 3.8) is 0 Å². The Morgan fingerprint density at radius 3 is 2.21 bits per heavy atom. The Kier molecular flexibility index (Phi) is 8.32. The number of halogens is 1. The van der Waals surface area contributed by atoms with Crippen LogP contribution < -0.4 is 19.5 Å². The highest BCUT2D eigenvalue weighted by Gasteiger charge is 2.16. The van der Waals surface area contributed by atoms with E-state index in [1.165, 1.54) is 31.4 Å². The Balaban J connectivity index is 1.71. The average molecular weight is 535 g/mol. The van der Waals surface area contributed by atoms with Crippen molar-refractivity contribution in [3.8, 4) is 11.5 Å². The molecule has 1 amide bonds. The predicted molar refractivity (Wildman–Crippen MR) is 130 cm³/mol. The first-order valence-electron chi connectivity index (χ1n) is 9.82. The van der Waals surface area contributed by atoms with Crippen LogP contribution in [0.2, 0.25) is 0 Å². The van der Waals surface area contributed by atoms with Gasteiger partial charge in [0.2, 0.25) is 0 Å². The minimum atomic E-state index is -3.80. The van der Waals surface area contributed by atoms with Crippen molar-refractivity contribution in [1.29, 1.82) is 0 Å². The molecule has 2 N–H and O–H groups in total. The lowest BCUT2D eigenvalue weighted by Gasteiger charge is -2.13. The van der Waals surface area contributed by atoms with E-state index in [2.05, 4.69) is 26.0 Å². The summed E-state index contributed by atoms with van der Waals surface area (Å²) in [5.41, 5.74) is 1.17. The zero-order valence-electron chi connectivity index (χ0n) is 18.0. The van der Waals surface area contributed by atoms with Gasteiger partial charge < -0.3 is 19.5 Å². The third-order valence-corrected chi connectivity index (χ3v) is 6.39. The fourth-order valence-electron chi connectivity index (χ4n) is 2.83. The molecule has 8 nitrogen and oxygen atoms in total. The summed E-state index contributed by atoms with van der Waals surface area (Å²) in [4.78, 5) is 12.9. The van der Waals surface area contributed by atoms with Crippen LogP contribution in [0.25, 0.3) is 0 Å². The van der Waals surface area contributed by atoms with Crippen molar-refractivity contribution in [1.82, 2.24) is 0 Å². The van der Waals surface area contributed by atoms with E-state index < -0.39 is 15.9 Å². The van der Waals surface area contributed by atoms with E-state index in [9.17, 15) is 13.2 Å². The molecule has 0 fully saturated rings. The highest BCUT2D eigenvalue weighted by atomic mass is 79.9. The minimum Gasteiger partial charge on any atom is -0.497 e. The Morgan fingerprint density at radius 2 is 1.58 bits per heavy atom. The van der Waals surface area contributed by atoms with Crippen LogP contribution in [-0.2, 0) is 14.8 Å². The van der Waals surface area contributed by atoms with E-state index in [4.69, 9.17) is 14.2 Å². The van der Waals surface area contributed by atoms with Crippen molar-refractivity contribution in [2.45, 2.75) is 4.90 Å². The second kappa shape index (κ2) is 11.2. The summed E-state index contributed by atoms with van der Waals surface area (Å²) in [6, 6.07) is 17.5. The van der Waals surface area contributed by atoms with Gasteiger partial charge in [0, 0.05) is 23.0 Å². The van der Waals surface area contributed by atoms with E-state index in [0.29, 0.717) is 41.7 Å². The van der Waals surface area contributed by atoms with Gasteiger partial charge in [0.05, 0.1) is 24.2 Å². The van der Waals surface area contributed by atoms with Gasteiger partial charge in [-0.3, -0.25) is 9.52 Å². The number of carbonyl (C=O) groups is 1. The van der Waals surface area contributed by atoms with Gasteiger partial charge in [0.15, 0.2) is 0 Å². The first-order valence-corrected chi connectivity index (χ1v) is 12.1. The molecular weight excluding hydrogens is 512 g/mol. The molecule has 0 saturated heterocycles. The van der Waals surface area contributed by atoms with E-state index >= 15 is 0 Å². The summed E-state index contributed by atoms with van der Waals surface area (Å²) < 4.78 is 44.2. The summed E-state index contributed by atoms with van der Waals surface area (Å²) in [7, 11) is -0.699. The third-order valence-electron chi connectivity index (χ3n) is 4.50. The fourth-order valence-corrected chi connectivity index (χ4v) is 4.25. The highest BCUT2D eigenvalue weighted by molar-refractivity contribution is 9.10. The van der Waals surface area contributed by atoms with Crippen molar-refractivity contribution in [3.05, 3.63) is 76.8 Å². The van der Waals surface area contributed by atoms with Crippen LogP contribution in [0.15, 0.2) is 76.1 Å². The van der Waals surface area contributed by atoms with Gasteiger partial charge in [-0.25, -0.2) is 8.42 Å². The molecule has 0 radical (unpaired) electrons. The molecule has 0 saturated carbocycles. The molecule has 3 aromatic carbocycles. The number of amides is 1. The molecule has 10 heteroatoms. The average Bonchev–Trinajstić information content (AvgIpc) is 2.80. The Bertz CT molecular complexity index is 1200. The molecule has 3 rings (SSSR count). The molecule has 0 bridgehead atoms. The van der Waals surface area contributed by atoms with Gasteiger partial charge >= 0.3 is 0 Å². The molecule has 33 heavy (non-hydrogen) atoms. The number of sulfonamides is 1. The predicted octanol–water partition coefficient (Wildman–Crippen LogP) is 4.54. The molecule has 0 heterocycles. The van der Waals surface area contributed by atoms with Crippen LogP contribution in [0, 0.1) is 0 Å². The smallest absolute Gasteiger partial charge is 0.261 e. The molecule has 0 atom stereocenters. The lowest BCUT2D eigenvalue weighted by molar-refractivity contribution is 0.101. The lowest BCUT2D eigenvalue weighted by Crippen LogP contribution is -2.16. The highest BCUT2D eigenvalue weighted by Crippen LogP contribution is 2.25. The first-order chi connectivity index (χ1) is 15.8. The molecule has 0 aromatic heterocycles. The molecule has 3 aromatic rings. The van der Waals surface area contributed by atoms with Crippen LogP contribution in [0.1, 0.15) is 10.4 Å². The number of hydrogen-bond acceptors (Lipinski definition) is 6. The Labute approximate surface area is 201 Å². The van der Waals surface area contributed by atoms with Crippen LogP contribution in [0.5, 0.6) is 11.5 Å². The van der Waals surface area contributed by atoms with Gasteiger partial charge in [0.25, 0.3) is 15.9 Å². The number of anilines is 2. The summed E-state index contributed by atoms with van der Waals surface area (Å²) in [6.07, 6.45) is 0. The van der Waals surface area contributed by atoms with Gasteiger partial charge in [0.1, 0.15) is 18.1 Å². The van der Waals surface area contributed by atoms with Crippen LogP contribution in [-0.4, -0.2) is 41.8 Å². The number of ether oxygens (including phenoxy) is 3. The number of carbonyl (C=O) groups excluding carboxylic acids is 1. The maximum atomic E-state index is 12.8. The number of nitrogens with one attached hydrogen (secondary N) is 2. The van der Waals surface area contributed by atoms with Crippen LogP contribution in [0.3, 0.4) is 0 Å². The van der Waals surface area contributed by atoms with Crippen molar-refractivity contribution in [2.75, 3.05) is 37.5 Å². The number of hydrogen-bond donors (Lipinski definition) is 2. The molecule has 0 aliphatic heterocycles. The summed E-state index contributed by atoms with van der Waals surface area (Å²) in [5.74, 6) is 0.641. The zero-order chi connectivity index (χ0) is 23.8. The van der Waals surface area contributed by atoms with E-state index in [-0.39, 0.29) is 4.90 Å². The Hall–Kier alpha value is -3.08. The lowest BCUT2D eigenvalue weighted by atomic mass is 10.2. The SMILES string of the molecule is COCCOc1ccc(Br)cc1C(=O)Nc1ccc(S(=O)(=O)Nc2ccc(OC)cc2)cc1. The molecular formula is C23H23BrN2O6S. The number of benzene rings is 3. The molecule has 0 spiro atoms. The first kappa shape index (κ1) is 24.6. The standard InChI is InChI=1S/C23H23BrN2O6S/c1-30-13-14-32-22-12-3-16(24)15-21(22)23(27)25-17-6-10-20(11-7-17)33(28,29)26-18-4-8-19(31-2)9-5-18/h3-12,15,26H,13-14H2,1-2H3,(H,25,27). The third kappa shape index (κ3) is 6.70. The Morgan fingerprint density at radius 1 is 0.909 bits per heavy atom. The number of rotatable bonds is 10. The van der Waals surface area contributed by atoms with E-state index in [1.54, 1.807) is 49.6 Å².